The van der Waals surface area contributed by atoms with Crippen LogP contribution < -0.4 is 0 Å². The molecular weight excluding hydrogens is 95.0 g/mol. The maximum atomic E-state index is 8.74. The highest BCUT2D eigenvalue weighted by molar-refractivity contribution is 7.51. The summed E-state index contributed by atoms with van der Waals surface area (Å²) in [5, 5.41) is 0. The molecule has 1 aliphatic rings. The van der Waals surface area contributed by atoms with Crippen molar-refractivity contribution in [2.45, 2.75) is 12.8 Å². The van der Waals surface area contributed by atoms with Gasteiger partial charge in [-0.15, -0.1) is 0 Å². The molecule has 0 amide bonds. The van der Waals surface area contributed by atoms with E-state index in [0.29, 0.717) is 0 Å². The largest absolute Gasteiger partial charge is 0.246 e. The summed E-state index contributed by atoms with van der Waals surface area (Å²) in [5.41, 5.74) is 0. The Morgan fingerprint density at radius 1 is 1.67 bits per heavy atom. The van der Waals surface area contributed by atoms with Crippen LogP contribution in [-0.4, -0.2) is 16.9 Å². The van der Waals surface area contributed by atoms with Crippen LogP contribution in [0.1, 0.15) is 12.8 Å². The number of rotatable bonds is 0. The molecule has 0 saturated carbocycles. The predicted molar refractivity (Wildman–Crippen MR) is 29.3 cm³/mol. The second-order valence-electron chi connectivity index (χ2n) is 1.49. The van der Waals surface area contributed by atoms with Gasteiger partial charge in [0.1, 0.15) is 12.0 Å². The highest BCUT2D eigenvalue weighted by Gasteiger charge is 2.10. The third-order valence-corrected chi connectivity index (χ3v) is 2.39. The van der Waals surface area contributed by atoms with Crippen LogP contribution in [0.15, 0.2) is 0 Å². The molecule has 1 nitrogen and oxygen atoms in total. The Balaban J connectivity index is 2.45. The molecule has 1 aliphatic heterocycles. The Morgan fingerprint density at radius 3 is 2.67 bits per heavy atom. The van der Waals surface area contributed by atoms with Crippen LogP contribution in [-0.2, 0) is 0 Å². The van der Waals surface area contributed by atoms with Crippen molar-refractivity contribution in [2.24, 2.45) is 0 Å². The summed E-state index contributed by atoms with van der Waals surface area (Å²) in [4.78, 5) is 8.74. The quantitative estimate of drug-likeness (QED) is 0.453. The molecule has 1 N–H and O–H groups in total. The first-order valence-corrected chi connectivity index (χ1v) is 3.73. The summed E-state index contributed by atoms with van der Waals surface area (Å²) in [6, 6.07) is 0. The Morgan fingerprint density at radius 2 is 2.50 bits per heavy atom. The van der Waals surface area contributed by atoms with Crippen molar-refractivity contribution in [3.63, 3.8) is 0 Å². The van der Waals surface area contributed by atoms with Gasteiger partial charge in [-0.3, -0.25) is 0 Å². The number of hydrogen-bond acceptors (Lipinski definition) is 1. The van der Waals surface area contributed by atoms with Gasteiger partial charge in [0.25, 0.3) is 0 Å². The molecule has 0 radical (unpaired) electrons. The predicted octanol–water partition coefficient (Wildman–Crippen LogP) is 0.972. The van der Waals surface area contributed by atoms with E-state index < -0.39 is 7.77 Å². The first kappa shape index (κ1) is 4.29. The summed E-state index contributed by atoms with van der Waals surface area (Å²) < 4.78 is 0. The molecule has 6 heavy (non-hydrogen) atoms. The average Bonchev–Trinajstić information content (AvgIpc) is 1.86. The zero-order chi connectivity index (χ0) is 4.41. The van der Waals surface area contributed by atoms with Crippen molar-refractivity contribution in [1.82, 2.24) is 0 Å². The van der Waals surface area contributed by atoms with Crippen LogP contribution in [0.5, 0.6) is 0 Å². The van der Waals surface area contributed by atoms with Crippen LogP contribution in [0.25, 0.3) is 0 Å². The molecular formula is C4H8OP+. The second-order valence-corrected chi connectivity index (χ2v) is 3.18. The Hall–Kier alpha value is 0.130. The molecule has 0 spiro atoms. The van der Waals surface area contributed by atoms with Gasteiger partial charge in [0.2, 0.25) is 7.77 Å². The summed E-state index contributed by atoms with van der Waals surface area (Å²) >= 11 is 0. The minimum Gasteiger partial charge on any atom is -0.193 e. The SMILES string of the molecule is O[P+]1=CCCC1. The van der Waals surface area contributed by atoms with E-state index in [4.69, 9.17) is 4.89 Å². The topological polar surface area (TPSA) is 20.2 Å². The van der Waals surface area contributed by atoms with Crippen molar-refractivity contribution in [3.8, 4) is 0 Å². The van der Waals surface area contributed by atoms with Crippen molar-refractivity contribution in [3.05, 3.63) is 0 Å². The van der Waals surface area contributed by atoms with Crippen LogP contribution in [0.3, 0.4) is 0 Å². The fourth-order valence-corrected chi connectivity index (χ4v) is 1.75. The van der Waals surface area contributed by atoms with E-state index >= 15 is 0 Å². The molecule has 0 aromatic carbocycles. The van der Waals surface area contributed by atoms with E-state index in [2.05, 4.69) is 0 Å². The molecule has 1 atom stereocenters. The van der Waals surface area contributed by atoms with Gasteiger partial charge in [0.15, 0.2) is 0 Å². The van der Waals surface area contributed by atoms with Crippen LogP contribution in [0.2, 0.25) is 0 Å². The van der Waals surface area contributed by atoms with E-state index in [9.17, 15) is 0 Å². The van der Waals surface area contributed by atoms with Crippen LogP contribution in [0, 0.1) is 0 Å². The van der Waals surface area contributed by atoms with Crippen molar-refractivity contribution in [2.75, 3.05) is 6.16 Å². The molecule has 34 valence electrons. The first-order valence-electron chi connectivity index (χ1n) is 2.18. The maximum absolute atomic E-state index is 8.74. The maximum Gasteiger partial charge on any atom is 0.246 e. The fraction of sp³-hybridized carbons (Fsp3) is 0.750. The normalized spacial score (nSPS) is 27.2. The summed E-state index contributed by atoms with van der Waals surface area (Å²) in [6.07, 6.45) is 3.40. The molecule has 2 heteroatoms. The average molecular weight is 103 g/mol. The third-order valence-electron chi connectivity index (χ3n) is 0.931. The molecule has 1 heterocycles. The molecule has 0 saturated heterocycles. The molecule has 0 aromatic heterocycles. The second kappa shape index (κ2) is 1.72. The summed E-state index contributed by atoms with van der Waals surface area (Å²) in [7, 11) is -0.590. The van der Waals surface area contributed by atoms with Crippen LogP contribution in [0.4, 0.5) is 0 Å². The smallest absolute Gasteiger partial charge is 0.193 e. The standard InChI is InChI=1S/C4H8OP/c5-6-3-1-2-4-6/h3,5H,1-2,4H2/q+1. The Labute approximate surface area is 38.5 Å². The van der Waals surface area contributed by atoms with Crippen LogP contribution >= 0.6 is 7.77 Å². The van der Waals surface area contributed by atoms with Crippen molar-refractivity contribution < 1.29 is 4.89 Å². The lowest BCUT2D eigenvalue weighted by molar-refractivity contribution is 0.642. The lowest BCUT2D eigenvalue weighted by atomic mass is 10.4. The van der Waals surface area contributed by atoms with Gasteiger partial charge in [-0.05, 0) is 6.42 Å². The minimum atomic E-state index is -0.590. The van der Waals surface area contributed by atoms with E-state index in [1.54, 1.807) is 0 Å². The highest BCUT2D eigenvalue weighted by Crippen LogP contribution is 2.23. The van der Waals surface area contributed by atoms with Gasteiger partial charge in [-0.1, -0.05) is 0 Å². The van der Waals surface area contributed by atoms with Gasteiger partial charge in [0, 0.05) is 6.42 Å². The monoisotopic (exact) mass is 103 g/mol. The minimum absolute atomic E-state index is 0.590. The van der Waals surface area contributed by atoms with Crippen molar-refractivity contribution in [1.29, 1.82) is 0 Å². The third kappa shape index (κ3) is 0.796. The van der Waals surface area contributed by atoms with Gasteiger partial charge in [-0.25, -0.2) is 0 Å². The molecule has 0 bridgehead atoms. The number of hydrogen-bond donors (Lipinski definition) is 1. The van der Waals surface area contributed by atoms with E-state index in [1.807, 2.05) is 5.80 Å². The zero-order valence-electron chi connectivity index (χ0n) is 3.59. The summed E-state index contributed by atoms with van der Waals surface area (Å²) in [6.45, 7) is 0. The van der Waals surface area contributed by atoms with Gasteiger partial charge < -0.3 is 0 Å². The molecule has 1 unspecified atom stereocenters. The molecule has 0 fully saturated rings. The lowest BCUT2D eigenvalue weighted by Crippen LogP contribution is -1.62. The lowest BCUT2D eigenvalue weighted by Gasteiger charge is -1.65. The summed E-state index contributed by atoms with van der Waals surface area (Å²) in [5.74, 6) is 2.02. The van der Waals surface area contributed by atoms with Gasteiger partial charge in [0.05, 0.1) is 0 Å². The van der Waals surface area contributed by atoms with E-state index in [-0.39, 0.29) is 0 Å². The van der Waals surface area contributed by atoms with Gasteiger partial charge >= 0.3 is 0 Å². The molecule has 0 aromatic rings. The van der Waals surface area contributed by atoms with E-state index in [1.165, 1.54) is 6.42 Å². The Bertz CT molecular complexity index is 77.6. The van der Waals surface area contributed by atoms with E-state index in [0.717, 1.165) is 12.6 Å². The molecule has 1 rings (SSSR count). The fourth-order valence-electron chi connectivity index (χ4n) is 0.585. The zero-order valence-corrected chi connectivity index (χ0v) is 4.49. The first-order chi connectivity index (χ1) is 2.89. The van der Waals surface area contributed by atoms with Crippen molar-refractivity contribution >= 4 is 13.6 Å². The Kier molecular flexibility index (Phi) is 1.23. The highest BCUT2D eigenvalue weighted by atomic mass is 31.1. The molecule has 0 aliphatic carbocycles. The van der Waals surface area contributed by atoms with Gasteiger partial charge in [-0.2, -0.15) is 4.89 Å².